The van der Waals surface area contributed by atoms with Crippen LogP contribution >= 0.6 is 0 Å². The van der Waals surface area contributed by atoms with E-state index in [-0.39, 0.29) is 23.3 Å². The number of benzene rings is 2. The third-order valence-corrected chi connectivity index (χ3v) is 4.27. The van der Waals surface area contributed by atoms with E-state index in [1.54, 1.807) is 24.3 Å². The van der Waals surface area contributed by atoms with E-state index in [1.807, 2.05) is 6.92 Å². The van der Waals surface area contributed by atoms with Crippen LogP contribution in [0.25, 0.3) is 0 Å². The number of fused-ring (bicyclic) bond motifs is 1. The summed E-state index contributed by atoms with van der Waals surface area (Å²) >= 11 is 0. The van der Waals surface area contributed by atoms with Crippen LogP contribution in [0.2, 0.25) is 0 Å². The van der Waals surface area contributed by atoms with Gasteiger partial charge in [-0.2, -0.15) is 0 Å². The van der Waals surface area contributed by atoms with Gasteiger partial charge in [0.1, 0.15) is 6.10 Å². The Morgan fingerprint density at radius 1 is 1.12 bits per heavy atom. The Bertz CT molecular complexity index is 798. The van der Waals surface area contributed by atoms with Crippen molar-refractivity contribution in [2.75, 3.05) is 14.2 Å². The number of carbonyl (C=O) groups is 1. The number of rotatable bonds is 4. The molecule has 0 radical (unpaired) electrons. The number of aromatic carboxylic acids is 1. The normalized spacial score (nSPS) is 18.6. The average Bonchev–Trinajstić information content (AvgIpc) is 2.91. The highest BCUT2D eigenvalue weighted by atomic mass is 16.5. The van der Waals surface area contributed by atoms with Crippen molar-refractivity contribution in [1.82, 2.24) is 0 Å². The summed E-state index contributed by atoms with van der Waals surface area (Å²) < 4.78 is 16.5. The molecule has 0 aliphatic carbocycles. The molecular weight excluding hydrogens is 312 g/mol. The van der Waals surface area contributed by atoms with Crippen molar-refractivity contribution in [3.05, 3.63) is 47.0 Å². The summed E-state index contributed by atoms with van der Waals surface area (Å²) in [5, 5.41) is 19.0. The lowest BCUT2D eigenvalue weighted by atomic mass is 9.91. The van der Waals surface area contributed by atoms with Gasteiger partial charge in [-0.3, -0.25) is 0 Å². The van der Waals surface area contributed by atoms with Crippen molar-refractivity contribution in [3.63, 3.8) is 0 Å². The van der Waals surface area contributed by atoms with Crippen LogP contribution in [-0.4, -0.2) is 30.4 Å². The fourth-order valence-corrected chi connectivity index (χ4v) is 2.98. The van der Waals surface area contributed by atoms with Gasteiger partial charge in [0.2, 0.25) is 0 Å². The van der Waals surface area contributed by atoms with Crippen LogP contribution in [0.3, 0.4) is 0 Å². The van der Waals surface area contributed by atoms with Gasteiger partial charge in [-0.15, -0.1) is 0 Å². The topological polar surface area (TPSA) is 85.2 Å². The predicted molar refractivity (Wildman–Crippen MR) is 86.4 cm³/mol. The molecule has 0 saturated carbocycles. The quantitative estimate of drug-likeness (QED) is 0.894. The molecule has 0 unspecified atom stereocenters. The van der Waals surface area contributed by atoms with Crippen LogP contribution < -0.4 is 14.2 Å². The molecule has 2 aromatic carbocycles. The number of methoxy groups -OCH3 is 2. The molecule has 126 valence electrons. The minimum Gasteiger partial charge on any atom is -0.504 e. The second-order valence-electron chi connectivity index (χ2n) is 5.66. The zero-order chi connectivity index (χ0) is 17.4. The maximum atomic E-state index is 11.3. The van der Waals surface area contributed by atoms with Crippen molar-refractivity contribution in [2.45, 2.75) is 18.9 Å². The predicted octanol–water partition coefficient (Wildman–Crippen LogP) is 3.34. The lowest BCUT2D eigenvalue weighted by Crippen LogP contribution is -2.07. The van der Waals surface area contributed by atoms with E-state index in [0.717, 1.165) is 11.1 Å². The SMILES string of the molecule is COc1cc([C@@H]2Oc3c(OC)cc(C(=O)O)cc3[C@H]2C)ccc1O. The van der Waals surface area contributed by atoms with Gasteiger partial charge < -0.3 is 24.4 Å². The van der Waals surface area contributed by atoms with Crippen molar-refractivity contribution in [1.29, 1.82) is 0 Å². The van der Waals surface area contributed by atoms with Crippen LogP contribution in [-0.2, 0) is 0 Å². The fraction of sp³-hybridized carbons (Fsp3) is 0.278. The largest absolute Gasteiger partial charge is 0.504 e. The lowest BCUT2D eigenvalue weighted by Gasteiger charge is -2.17. The molecule has 0 aromatic heterocycles. The highest BCUT2D eigenvalue weighted by Crippen LogP contribution is 2.51. The van der Waals surface area contributed by atoms with E-state index in [9.17, 15) is 15.0 Å². The molecule has 0 fully saturated rings. The Morgan fingerprint density at radius 2 is 1.83 bits per heavy atom. The fourth-order valence-electron chi connectivity index (χ4n) is 2.98. The number of hydrogen-bond acceptors (Lipinski definition) is 5. The number of ether oxygens (including phenoxy) is 3. The summed E-state index contributed by atoms with van der Waals surface area (Å²) in [5.41, 5.74) is 1.76. The zero-order valence-electron chi connectivity index (χ0n) is 13.6. The molecule has 2 aromatic rings. The van der Waals surface area contributed by atoms with E-state index >= 15 is 0 Å². The maximum Gasteiger partial charge on any atom is 0.335 e. The third-order valence-electron chi connectivity index (χ3n) is 4.27. The van der Waals surface area contributed by atoms with Crippen molar-refractivity contribution in [3.8, 4) is 23.0 Å². The number of carboxylic acid groups (broad SMARTS) is 1. The Balaban J connectivity index is 2.04. The molecule has 24 heavy (non-hydrogen) atoms. The smallest absolute Gasteiger partial charge is 0.335 e. The van der Waals surface area contributed by atoms with Crippen LogP contribution in [0.15, 0.2) is 30.3 Å². The Kier molecular flexibility index (Phi) is 3.97. The number of aromatic hydroxyl groups is 1. The van der Waals surface area contributed by atoms with Crippen LogP contribution in [0.5, 0.6) is 23.0 Å². The molecule has 2 atom stereocenters. The van der Waals surface area contributed by atoms with Gasteiger partial charge in [0.05, 0.1) is 19.8 Å². The van der Waals surface area contributed by atoms with Gasteiger partial charge >= 0.3 is 5.97 Å². The molecular formula is C18H18O6. The summed E-state index contributed by atoms with van der Waals surface area (Å²) in [7, 11) is 2.96. The van der Waals surface area contributed by atoms with Crippen LogP contribution in [0.1, 0.15) is 40.4 Å². The molecule has 1 aliphatic rings. The maximum absolute atomic E-state index is 11.3. The Hall–Kier alpha value is -2.89. The summed E-state index contributed by atoms with van der Waals surface area (Å²) in [4.78, 5) is 11.3. The molecule has 0 bridgehead atoms. The van der Waals surface area contributed by atoms with Crippen molar-refractivity contribution < 1.29 is 29.2 Å². The number of carboxylic acids is 1. The average molecular weight is 330 g/mol. The van der Waals surface area contributed by atoms with E-state index in [0.29, 0.717) is 17.2 Å². The summed E-state index contributed by atoms with van der Waals surface area (Å²) in [6.45, 7) is 1.96. The first kappa shape index (κ1) is 16.0. The van der Waals surface area contributed by atoms with E-state index in [4.69, 9.17) is 14.2 Å². The highest BCUT2D eigenvalue weighted by molar-refractivity contribution is 5.89. The summed E-state index contributed by atoms with van der Waals surface area (Å²) in [5.74, 6) is 0.255. The first-order valence-electron chi connectivity index (χ1n) is 7.45. The van der Waals surface area contributed by atoms with Gasteiger partial charge in [0, 0.05) is 11.5 Å². The van der Waals surface area contributed by atoms with Crippen molar-refractivity contribution >= 4 is 5.97 Å². The molecule has 6 nitrogen and oxygen atoms in total. The minimum absolute atomic E-state index is 0.0511. The third kappa shape index (κ3) is 2.50. The van der Waals surface area contributed by atoms with Gasteiger partial charge in [-0.25, -0.2) is 4.79 Å². The van der Waals surface area contributed by atoms with Crippen LogP contribution in [0.4, 0.5) is 0 Å². The number of phenols is 1. The highest BCUT2D eigenvalue weighted by Gasteiger charge is 2.36. The minimum atomic E-state index is -1.02. The second kappa shape index (κ2) is 5.96. The molecule has 6 heteroatoms. The monoisotopic (exact) mass is 330 g/mol. The molecule has 0 amide bonds. The molecule has 3 rings (SSSR count). The number of phenolic OH excluding ortho intramolecular Hbond substituents is 1. The molecule has 0 spiro atoms. The molecule has 0 saturated heterocycles. The Labute approximate surface area is 139 Å². The van der Waals surface area contributed by atoms with Crippen LogP contribution in [0, 0.1) is 0 Å². The van der Waals surface area contributed by atoms with E-state index in [2.05, 4.69) is 0 Å². The molecule has 2 N–H and O–H groups in total. The van der Waals surface area contributed by atoms with Gasteiger partial charge in [-0.05, 0) is 29.8 Å². The van der Waals surface area contributed by atoms with Gasteiger partial charge in [0.25, 0.3) is 0 Å². The standard InChI is InChI=1S/C18H18O6/c1-9-12-6-11(18(20)21)8-15(23-3)17(12)24-16(9)10-4-5-13(19)14(7-10)22-2/h4-9,16,19H,1-3H3,(H,20,21)/t9-,16-/m1/s1. The molecule has 1 heterocycles. The summed E-state index contributed by atoms with van der Waals surface area (Å²) in [6.07, 6.45) is -0.326. The zero-order valence-corrected chi connectivity index (χ0v) is 13.6. The lowest BCUT2D eigenvalue weighted by molar-refractivity contribution is 0.0696. The van der Waals surface area contributed by atoms with E-state index < -0.39 is 5.97 Å². The first-order valence-corrected chi connectivity index (χ1v) is 7.45. The summed E-state index contributed by atoms with van der Waals surface area (Å²) in [6, 6.07) is 8.09. The first-order chi connectivity index (χ1) is 11.5. The van der Waals surface area contributed by atoms with E-state index in [1.165, 1.54) is 20.3 Å². The number of hydrogen-bond donors (Lipinski definition) is 2. The van der Waals surface area contributed by atoms with Gasteiger partial charge in [0.15, 0.2) is 23.0 Å². The Morgan fingerprint density at radius 3 is 2.46 bits per heavy atom. The van der Waals surface area contributed by atoms with Crippen molar-refractivity contribution in [2.24, 2.45) is 0 Å². The molecule has 1 aliphatic heterocycles. The van der Waals surface area contributed by atoms with Gasteiger partial charge in [-0.1, -0.05) is 13.0 Å². The second-order valence-corrected chi connectivity index (χ2v) is 5.66.